The molecule has 0 amide bonds. The Bertz CT molecular complexity index is 518. The number of benzene rings is 1. The number of anilines is 1. The van der Waals surface area contributed by atoms with Gasteiger partial charge in [-0.15, -0.1) is 0 Å². The Kier molecular flexibility index (Phi) is 2.26. The van der Waals surface area contributed by atoms with Crippen LogP contribution in [0, 0.1) is 5.92 Å². The highest BCUT2D eigenvalue weighted by Gasteiger charge is 2.23. The molecule has 0 atom stereocenters. The number of nitrogens with zero attached hydrogens (tertiary/aromatic N) is 1. The van der Waals surface area contributed by atoms with Gasteiger partial charge in [-0.25, -0.2) is 0 Å². The Morgan fingerprint density at radius 3 is 2.88 bits per heavy atom. The third-order valence-electron chi connectivity index (χ3n) is 3.14. The van der Waals surface area contributed by atoms with Gasteiger partial charge in [0.05, 0.1) is 16.9 Å². The highest BCUT2D eigenvalue weighted by Crippen LogP contribution is 2.34. The molecule has 0 aliphatic heterocycles. The molecule has 1 aromatic carbocycles. The van der Waals surface area contributed by atoms with Gasteiger partial charge in [-0.3, -0.25) is 10.8 Å². The summed E-state index contributed by atoms with van der Waals surface area (Å²) in [5, 5.41) is 1.13. The Balaban J connectivity index is 2.09. The summed E-state index contributed by atoms with van der Waals surface area (Å²) >= 11 is 0. The van der Waals surface area contributed by atoms with E-state index in [0.717, 1.165) is 34.6 Å². The van der Waals surface area contributed by atoms with Crippen LogP contribution in [0.5, 0.6) is 0 Å². The molecule has 1 aliphatic carbocycles. The molecule has 0 bridgehead atoms. The molecular weight excluding hydrogens is 198 g/mol. The molecule has 3 heteroatoms. The van der Waals surface area contributed by atoms with Crippen LogP contribution in [-0.2, 0) is 6.42 Å². The predicted molar refractivity (Wildman–Crippen MR) is 66.0 cm³/mol. The van der Waals surface area contributed by atoms with Crippen LogP contribution in [0.25, 0.3) is 10.9 Å². The maximum Gasteiger partial charge on any atom is 0.0708 e. The van der Waals surface area contributed by atoms with Gasteiger partial charge in [0.25, 0.3) is 0 Å². The van der Waals surface area contributed by atoms with E-state index >= 15 is 0 Å². The van der Waals surface area contributed by atoms with Crippen molar-refractivity contribution in [2.24, 2.45) is 11.8 Å². The highest BCUT2D eigenvalue weighted by molar-refractivity contribution is 5.82. The molecule has 82 valence electrons. The van der Waals surface area contributed by atoms with Gasteiger partial charge in [-0.05, 0) is 37.3 Å². The fourth-order valence-corrected chi connectivity index (χ4v) is 2.03. The average Bonchev–Trinajstić information content (AvgIpc) is 3.12. The van der Waals surface area contributed by atoms with E-state index in [2.05, 4.69) is 22.5 Å². The summed E-state index contributed by atoms with van der Waals surface area (Å²) in [6.07, 6.45) is 3.71. The van der Waals surface area contributed by atoms with Crippen molar-refractivity contribution in [2.75, 3.05) is 5.43 Å². The highest BCUT2D eigenvalue weighted by atomic mass is 15.2. The summed E-state index contributed by atoms with van der Waals surface area (Å²) in [6.45, 7) is 0. The van der Waals surface area contributed by atoms with E-state index < -0.39 is 0 Å². The summed E-state index contributed by atoms with van der Waals surface area (Å²) in [5.74, 6) is 6.37. The van der Waals surface area contributed by atoms with Crippen molar-refractivity contribution in [3.05, 3.63) is 36.0 Å². The number of para-hydroxylation sites is 1. The quantitative estimate of drug-likeness (QED) is 0.608. The molecule has 16 heavy (non-hydrogen) atoms. The molecule has 3 N–H and O–H groups in total. The van der Waals surface area contributed by atoms with Gasteiger partial charge in [-0.1, -0.05) is 18.2 Å². The lowest BCUT2D eigenvalue weighted by molar-refractivity contribution is 0.810. The van der Waals surface area contributed by atoms with Crippen LogP contribution < -0.4 is 11.3 Å². The number of nitrogen functional groups attached to an aromatic ring is 1. The normalized spacial score (nSPS) is 15.3. The second-order valence-corrected chi connectivity index (χ2v) is 4.47. The number of hydrogen-bond donors (Lipinski definition) is 2. The first-order valence-corrected chi connectivity index (χ1v) is 5.72. The predicted octanol–water partition coefficient (Wildman–Crippen LogP) is 2.47. The standard InChI is InChI=1S/C13H15N3/c14-16-13-8-10-3-1-2-4-11(10)15-12(13)7-9-5-6-9/h1-4,8-9,16H,5-7,14H2. The summed E-state index contributed by atoms with van der Waals surface area (Å²) in [6, 6.07) is 10.2. The van der Waals surface area contributed by atoms with E-state index in [4.69, 9.17) is 5.84 Å². The molecule has 1 fully saturated rings. The monoisotopic (exact) mass is 213 g/mol. The van der Waals surface area contributed by atoms with E-state index in [1.165, 1.54) is 12.8 Å². The zero-order valence-electron chi connectivity index (χ0n) is 9.11. The number of fused-ring (bicyclic) bond motifs is 1. The molecule has 3 rings (SSSR count). The lowest BCUT2D eigenvalue weighted by atomic mass is 10.1. The summed E-state index contributed by atoms with van der Waals surface area (Å²) in [7, 11) is 0. The van der Waals surface area contributed by atoms with Gasteiger partial charge in [0.2, 0.25) is 0 Å². The Morgan fingerprint density at radius 2 is 2.12 bits per heavy atom. The largest absolute Gasteiger partial charge is 0.322 e. The lowest BCUT2D eigenvalue weighted by Gasteiger charge is -2.09. The molecule has 1 aliphatic rings. The number of hydrogen-bond acceptors (Lipinski definition) is 3. The first-order valence-electron chi connectivity index (χ1n) is 5.72. The number of hydrazine groups is 1. The second kappa shape index (κ2) is 3.76. The van der Waals surface area contributed by atoms with Crippen LogP contribution in [0.15, 0.2) is 30.3 Å². The van der Waals surface area contributed by atoms with E-state index in [9.17, 15) is 0 Å². The van der Waals surface area contributed by atoms with Crippen molar-refractivity contribution in [3.8, 4) is 0 Å². The van der Waals surface area contributed by atoms with E-state index in [1.54, 1.807) is 0 Å². The molecule has 3 nitrogen and oxygen atoms in total. The minimum absolute atomic E-state index is 0.820. The smallest absolute Gasteiger partial charge is 0.0708 e. The Hall–Kier alpha value is -1.61. The van der Waals surface area contributed by atoms with Gasteiger partial charge < -0.3 is 5.43 Å². The van der Waals surface area contributed by atoms with Gasteiger partial charge in [0.15, 0.2) is 0 Å². The third kappa shape index (κ3) is 1.74. The molecule has 1 heterocycles. The first kappa shape index (κ1) is 9.60. The fourth-order valence-electron chi connectivity index (χ4n) is 2.03. The first-order chi connectivity index (χ1) is 7.86. The van der Waals surface area contributed by atoms with E-state index in [0.29, 0.717) is 0 Å². The zero-order valence-corrected chi connectivity index (χ0v) is 9.11. The lowest BCUT2D eigenvalue weighted by Crippen LogP contribution is -2.11. The van der Waals surface area contributed by atoms with E-state index in [1.807, 2.05) is 18.2 Å². The SMILES string of the molecule is NNc1cc2ccccc2nc1CC1CC1. The van der Waals surface area contributed by atoms with Crippen molar-refractivity contribution in [1.29, 1.82) is 0 Å². The Morgan fingerprint density at radius 1 is 1.31 bits per heavy atom. The maximum atomic E-state index is 5.55. The molecule has 1 aromatic heterocycles. The molecule has 2 aromatic rings. The Labute approximate surface area is 94.6 Å². The van der Waals surface area contributed by atoms with Crippen LogP contribution in [0.2, 0.25) is 0 Å². The average molecular weight is 213 g/mol. The zero-order chi connectivity index (χ0) is 11.0. The topological polar surface area (TPSA) is 50.9 Å². The number of aromatic nitrogens is 1. The number of nitrogens with one attached hydrogen (secondary N) is 1. The van der Waals surface area contributed by atoms with Crippen LogP contribution in [0.1, 0.15) is 18.5 Å². The van der Waals surface area contributed by atoms with Gasteiger partial charge in [-0.2, -0.15) is 0 Å². The van der Waals surface area contributed by atoms with Crippen molar-refractivity contribution in [2.45, 2.75) is 19.3 Å². The van der Waals surface area contributed by atoms with Crippen molar-refractivity contribution >= 4 is 16.6 Å². The van der Waals surface area contributed by atoms with Crippen LogP contribution in [0.4, 0.5) is 5.69 Å². The summed E-state index contributed by atoms with van der Waals surface area (Å²) in [4.78, 5) is 4.68. The van der Waals surface area contributed by atoms with Crippen molar-refractivity contribution in [1.82, 2.24) is 4.98 Å². The summed E-state index contributed by atoms with van der Waals surface area (Å²) < 4.78 is 0. The number of pyridine rings is 1. The van der Waals surface area contributed by atoms with Crippen LogP contribution in [0.3, 0.4) is 0 Å². The minimum Gasteiger partial charge on any atom is -0.322 e. The minimum atomic E-state index is 0.820. The van der Waals surface area contributed by atoms with Gasteiger partial charge in [0.1, 0.15) is 0 Å². The van der Waals surface area contributed by atoms with Crippen molar-refractivity contribution in [3.63, 3.8) is 0 Å². The third-order valence-corrected chi connectivity index (χ3v) is 3.14. The van der Waals surface area contributed by atoms with Crippen LogP contribution >= 0.6 is 0 Å². The molecule has 0 saturated heterocycles. The molecule has 0 unspecified atom stereocenters. The number of nitrogens with two attached hydrogens (primary N) is 1. The molecule has 1 saturated carbocycles. The van der Waals surface area contributed by atoms with Crippen molar-refractivity contribution < 1.29 is 0 Å². The molecule has 0 spiro atoms. The van der Waals surface area contributed by atoms with Crippen LogP contribution in [-0.4, -0.2) is 4.98 Å². The molecular formula is C13H15N3. The fraction of sp³-hybridized carbons (Fsp3) is 0.308. The van der Waals surface area contributed by atoms with Gasteiger partial charge in [0, 0.05) is 5.39 Å². The number of rotatable bonds is 3. The van der Waals surface area contributed by atoms with Gasteiger partial charge >= 0.3 is 0 Å². The molecule has 0 radical (unpaired) electrons. The summed E-state index contributed by atoms with van der Waals surface area (Å²) in [5.41, 5.74) is 5.88. The second-order valence-electron chi connectivity index (χ2n) is 4.47. The maximum absolute atomic E-state index is 5.55. The van der Waals surface area contributed by atoms with E-state index in [-0.39, 0.29) is 0 Å².